The fourth-order valence-corrected chi connectivity index (χ4v) is 4.26. The molecule has 1 saturated heterocycles. The second-order valence-corrected chi connectivity index (χ2v) is 8.15. The monoisotopic (exact) mass is 422 g/mol. The molecule has 3 rings (SSSR count). The first-order valence-corrected chi connectivity index (χ1v) is 10.3. The molecule has 2 amide bonds. The van der Waals surface area contributed by atoms with Crippen molar-refractivity contribution in [1.82, 2.24) is 10.6 Å². The molecule has 26 heavy (non-hydrogen) atoms. The van der Waals surface area contributed by atoms with E-state index in [0.717, 1.165) is 35.7 Å². The molecule has 0 spiro atoms. The number of hydrogen-bond donors (Lipinski definition) is 2. The number of rotatable bonds is 6. The molecular formula is C20H27BrN2O3. The topological polar surface area (TPSA) is 67.4 Å². The van der Waals surface area contributed by atoms with E-state index in [1.807, 2.05) is 24.3 Å². The minimum Gasteiger partial charge on any atom is -0.381 e. The summed E-state index contributed by atoms with van der Waals surface area (Å²) in [7, 11) is 0. The van der Waals surface area contributed by atoms with Gasteiger partial charge in [-0.05, 0) is 43.4 Å². The number of ether oxygens (including phenoxy) is 1. The molecule has 1 heterocycles. The number of carbonyl (C=O) groups is 2. The van der Waals surface area contributed by atoms with E-state index >= 15 is 0 Å². The molecule has 1 saturated carbocycles. The van der Waals surface area contributed by atoms with Gasteiger partial charge < -0.3 is 15.4 Å². The first kappa shape index (κ1) is 19.4. The number of nitrogens with one attached hydrogen (secondary N) is 2. The van der Waals surface area contributed by atoms with Crippen LogP contribution in [-0.2, 0) is 19.7 Å². The van der Waals surface area contributed by atoms with Crippen LogP contribution in [0.3, 0.4) is 0 Å². The lowest BCUT2D eigenvalue weighted by atomic mass is 9.73. The Hall–Kier alpha value is -1.40. The lowest BCUT2D eigenvalue weighted by molar-refractivity contribution is -0.131. The highest BCUT2D eigenvalue weighted by Gasteiger charge is 2.41. The van der Waals surface area contributed by atoms with Gasteiger partial charge in [-0.3, -0.25) is 9.59 Å². The molecule has 142 valence electrons. The molecule has 0 bridgehead atoms. The first-order valence-electron chi connectivity index (χ1n) is 9.52. The average Bonchev–Trinajstić information content (AvgIpc) is 3.21. The molecule has 1 aromatic rings. The SMILES string of the molecule is O=C(NCCNC(=O)C1(c2ccc(Br)cc2)CCOCC1)C1CCCC1. The molecule has 0 unspecified atom stereocenters. The number of carbonyl (C=O) groups excluding carboxylic acids is 2. The van der Waals surface area contributed by atoms with Crippen LogP contribution in [0.4, 0.5) is 0 Å². The van der Waals surface area contributed by atoms with Gasteiger partial charge in [0.2, 0.25) is 11.8 Å². The molecular weight excluding hydrogens is 396 g/mol. The normalized spacial score (nSPS) is 19.9. The van der Waals surface area contributed by atoms with E-state index in [2.05, 4.69) is 26.6 Å². The van der Waals surface area contributed by atoms with Crippen LogP contribution in [0.2, 0.25) is 0 Å². The maximum Gasteiger partial charge on any atom is 0.230 e. The first-order chi connectivity index (χ1) is 12.6. The Balaban J connectivity index is 1.56. The Morgan fingerprint density at radius 1 is 1.04 bits per heavy atom. The van der Waals surface area contributed by atoms with E-state index in [4.69, 9.17) is 4.74 Å². The fourth-order valence-electron chi connectivity index (χ4n) is 4.00. The predicted molar refractivity (Wildman–Crippen MR) is 104 cm³/mol. The summed E-state index contributed by atoms with van der Waals surface area (Å²) >= 11 is 3.45. The summed E-state index contributed by atoms with van der Waals surface area (Å²) in [5.74, 6) is 0.318. The Kier molecular flexibility index (Phi) is 6.70. The number of halogens is 1. The van der Waals surface area contributed by atoms with Crippen molar-refractivity contribution in [2.75, 3.05) is 26.3 Å². The van der Waals surface area contributed by atoms with Gasteiger partial charge in [-0.1, -0.05) is 40.9 Å². The maximum atomic E-state index is 13.0. The largest absolute Gasteiger partial charge is 0.381 e. The number of amides is 2. The van der Waals surface area contributed by atoms with Crippen LogP contribution < -0.4 is 10.6 Å². The molecule has 2 fully saturated rings. The number of benzene rings is 1. The quantitative estimate of drug-likeness (QED) is 0.692. The van der Waals surface area contributed by atoms with Crippen LogP contribution >= 0.6 is 15.9 Å². The van der Waals surface area contributed by atoms with E-state index in [1.165, 1.54) is 0 Å². The molecule has 5 nitrogen and oxygen atoms in total. The lowest BCUT2D eigenvalue weighted by Gasteiger charge is -2.36. The molecule has 0 atom stereocenters. The average molecular weight is 423 g/mol. The zero-order valence-corrected chi connectivity index (χ0v) is 16.6. The molecule has 2 N–H and O–H groups in total. The second kappa shape index (κ2) is 9.00. The van der Waals surface area contributed by atoms with Crippen LogP contribution in [0.1, 0.15) is 44.1 Å². The van der Waals surface area contributed by atoms with Gasteiger partial charge in [-0.15, -0.1) is 0 Å². The van der Waals surface area contributed by atoms with Crippen molar-refractivity contribution in [2.45, 2.75) is 43.9 Å². The van der Waals surface area contributed by atoms with Crippen molar-refractivity contribution in [3.8, 4) is 0 Å². The molecule has 1 aromatic carbocycles. The highest BCUT2D eigenvalue weighted by atomic mass is 79.9. The summed E-state index contributed by atoms with van der Waals surface area (Å²) in [6.45, 7) is 2.11. The summed E-state index contributed by atoms with van der Waals surface area (Å²) in [6, 6.07) is 7.97. The van der Waals surface area contributed by atoms with Gasteiger partial charge in [0, 0.05) is 36.7 Å². The Morgan fingerprint density at radius 2 is 1.65 bits per heavy atom. The Bertz CT molecular complexity index is 620. The van der Waals surface area contributed by atoms with Crippen LogP contribution in [0.15, 0.2) is 28.7 Å². The molecule has 0 aromatic heterocycles. The highest BCUT2D eigenvalue weighted by Crippen LogP contribution is 2.35. The molecule has 2 aliphatic rings. The third-order valence-electron chi connectivity index (χ3n) is 5.61. The summed E-state index contributed by atoms with van der Waals surface area (Å²) in [6.07, 6.45) is 5.62. The summed E-state index contributed by atoms with van der Waals surface area (Å²) < 4.78 is 6.49. The fraction of sp³-hybridized carbons (Fsp3) is 0.600. The molecule has 1 aliphatic carbocycles. The smallest absolute Gasteiger partial charge is 0.230 e. The van der Waals surface area contributed by atoms with Gasteiger partial charge in [0.25, 0.3) is 0 Å². The standard InChI is InChI=1S/C20H27BrN2O3/c21-17-7-5-16(6-8-17)20(9-13-26-14-10-20)19(25)23-12-11-22-18(24)15-3-1-2-4-15/h5-8,15H,1-4,9-14H2,(H,22,24)(H,23,25). The minimum absolute atomic E-state index is 0.0261. The van der Waals surface area contributed by atoms with Gasteiger partial charge in [0.1, 0.15) is 0 Å². The van der Waals surface area contributed by atoms with Crippen molar-refractivity contribution in [3.05, 3.63) is 34.3 Å². The van der Waals surface area contributed by atoms with Crippen LogP contribution in [0, 0.1) is 5.92 Å². The van der Waals surface area contributed by atoms with Gasteiger partial charge in [0.15, 0.2) is 0 Å². The van der Waals surface area contributed by atoms with Crippen LogP contribution in [0.25, 0.3) is 0 Å². The van der Waals surface area contributed by atoms with Crippen molar-refractivity contribution < 1.29 is 14.3 Å². The van der Waals surface area contributed by atoms with Crippen LogP contribution in [-0.4, -0.2) is 38.1 Å². The van der Waals surface area contributed by atoms with E-state index in [-0.39, 0.29) is 17.7 Å². The van der Waals surface area contributed by atoms with Gasteiger partial charge in [0.05, 0.1) is 5.41 Å². The molecule has 1 aliphatic heterocycles. The third-order valence-corrected chi connectivity index (χ3v) is 6.14. The van der Waals surface area contributed by atoms with E-state index in [1.54, 1.807) is 0 Å². The minimum atomic E-state index is -0.547. The van der Waals surface area contributed by atoms with Gasteiger partial charge >= 0.3 is 0 Å². The Morgan fingerprint density at radius 3 is 2.31 bits per heavy atom. The van der Waals surface area contributed by atoms with Gasteiger partial charge in [-0.25, -0.2) is 0 Å². The zero-order valence-electron chi connectivity index (χ0n) is 15.1. The molecule has 6 heteroatoms. The number of hydrogen-bond acceptors (Lipinski definition) is 3. The van der Waals surface area contributed by atoms with Gasteiger partial charge in [-0.2, -0.15) is 0 Å². The summed E-state index contributed by atoms with van der Waals surface area (Å²) in [5, 5.41) is 5.99. The van der Waals surface area contributed by atoms with Crippen LogP contribution in [0.5, 0.6) is 0 Å². The van der Waals surface area contributed by atoms with E-state index < -0.39 is 5.41 Å². The van der Waals surface area contributed by atoms with E-state index in [0.29, 0.717) is 39.1 Å². The third kappa shape index (κ3) is 4.46. The van der Waals surface area contributed by atoms with Crippen molar-refractivity contribution in [1.29, 1.82) is 0 Å². The summed E-state index contributed by atoms with van der Waals surface area (Å²) in [5.41, 5.74) is 0.477. The Labute approximate surface area is 163 Å². The van der Waals surface area contributed by atoms with Crippen molar-refractivity contribution >= 4 is 27.7 Å². The van der Waals surface area contributed by atoms with E-state index in [9.17, 15) is 9.59 Å². The maximum absolute atomic E-state index is 13.0. The lowest BCUT2D eigenvalue weighted by Crippen LogP contribution is -2.49. The van der Waals surface area contributed by atoms with Crippen molar-refractivity contribution in [2.24, 2.45) is 5.92 Å². The molecule has 0 radical (unpaired) electrons. The van der Waals surface area contributed by atoms with Crippen molar-refractivity contribution in [3.63, 3.8) is 0 Å². The zero-order chi connectivity index (χ0) is 18.4. The summed E-state index contributed by atoms with van der Waals surface area (Å²) in [4.78, 5) is 25.1. The highest BCUT2D eigenvalue weighted by molar-refractivity contribution is 9.10. The second-order valence-electron chi connectivity index (χ2n) is 7.23. The predicted octanol–water partition coefficient (Wildman–Crippen LogP) is 2.92.